The molecular weight excluding hydrogens is 312 g/mol. The Labute approximate surface area is 145 Å². The van der Waals surface area contributed by atoms with E-state index < -0.39 is 0 Å². The third-order valence-electron chi connectivity index (χ3n) is 4.29. The molecule has 1 N–H and O–H groups in total. The van der Waals surface area contributed by atoms with Crippen LogP contribution in [0.4, 0.5) is 11.4 Å². The molecule has 4 nitrogen and oxygen atoms in total. The van der Waals surface area contributed by atoms with Gasteiger partial charge in [-0.15, -0.1) is 0 Å². The van der Waals surface area contributed by atoms with Crippen molar-refractivity contribution < 1.29 is 9.59 Å². The van der Waals surface area contributed by atoms with Crippen molar-refractivity contribution >= 4 is 23.2 Å². The van der Waals surface area contributed by atoms with E-state index in [4.69, 9.17) is 0 Å². The Balaban J connectivity index is 1.50. The summed E-state index contributed by atoms with van der Waals surface area (Å²) in [4.78, 5) is 26.4. The second-order valence-electron chi connectivity index (χ2n) is 5.92. The van der Waals surface area contributed by atoms with Gasteiger partial charge in [0.15, 0.2) is 0 Å². The van der Waals surface area contributed by atoms with Crippen LogP contribution in [0.2, 0.25) is 0 Å². The second-order valence-corrected chi connectivity index (χ2v) is 5.92. The van der Waals surface area contributed by atoms with Gasteiger partial charge in [-0.05, 0) is 48.0 Å². The fraction of sp³-hybridized carbons (Fsp3) is 0.0476. The molecule has 3 aromatic carbocycles. The minimum Gasteiger partial charge on any atom is -0.322 e. The molecule has 4 heteroatoms. The smallest absolute Gasteiger partial charge is 0.258 e. The molecule has 0 saturated carbocycles. The lowest BCUT2D eigenvalue weighted by molar-refractivity contribution is 0.0994. The van der Waals surface area contributed by atoms with E-state index in [-0.39, 0.29) is 11.8 Å². The van der Waals surface area contributed by atoms with Crippen molar-refractivity contribution in [2.75, 3.05) is 10.2 Å². The topological polar surface area (TPSA) is 49.4 Å². The Morgan fingerprint density at radius 2 is 1.52 bits per heavy atom. The maximum absolute atomic E-state index is 12.5. The fourth-order valence-corrected chi connectivity index (χ4v) is 2.98. The van der Waals surface area contributed by atoms with Crippen LogP contribution in [0.3, 0.4) is 0 Å². The van der Waals surface area contributed by atoms with Crippen LogP contribution in [0.15, 0.2) is 78.9 Å². The average molecular weight is 328 g/mol. The first kappa shape index (κ1) is 15.1. The summed E-state index contributed by atoms with van der Waals surface area (Å²) in [6, 6.07) is 24.0. The molecule has 0 aromatic heterocycles. The molecule has 3 aromatic rings. The van der Waals surface area contributed by atoms with Crippen molar-refractivity contribution in [3.05, 3.63) is 95.6 Å². The van der Waals surface area contributed by atoms with Crippen LogP contribution in [-0.4, -0.2) is 11.8 Å². The number of fused-ring (bicyclic) bond motifs is 1. The van der Waals surface area contributed by atoms with Gasteiger partial charge in [-0.25, -0.2) is 0 Å². The predicted octanol–water partition coefficient (Wildman–Crippen LogP) is 4.10. The van der Waals surface area contributed by atoms with E-state index in [9.17, 15) is 9.59 Å². The zero-order valence-corrected chi connectivity index (χ0v) is 13.5. The first-order chi connectivity index (χ1) is 12.2. The lowest BCUT2D eigenvalue weighted by Gasteiger charge is -2.16. The van der Waals surface area contributed by atoms with Gasteiger partial charge in [-0.3, -0.25) is 9.59 Å². The van der Waals surface area contributed by atoms with E-state index in [1.54, 1.807) is 17.0 Å². The van der Waals surface area contributed by atoms with E-state index in [2.05, 4.69) is 5.32 Å². The van der Waals surface area contributed by atoms with Crippen molar-refractivity contribution in [2.24, 2.45) is 0 Å². The summed E-state index contributed by atoms with van der Waals surface area (Å²) in [7, 11) is 0. The second kappa shape index (κ2) is 6.24. The van der Waals surface area contributed by atoms with E-state index in [0.29, 0.717) is 17.8 Å². The standard InChI is InChI=1S/C21H16N2O2/c24-20(15-6-2-1-3-7-15)22-17-10-12-18(13-11-17)23-14-16-8-4-5-9-19(16)21(23)25/h1-13H,14H2,(H,22,24). The zero-order chi connectivity index (χ0) is 17.2. The van der Waals surface area contributed by atoms with Gasteiger partial charge < -0.3 is 10.2 Å². The van der Waals surface area contributed by atoms with E-state index in [1.165, 1.54) is 0 Å². The van der Waals surface area contributed by atoms with Crippen LogP contribution >= 0.6 is 0 Å². The quantitative estimate of drug-likeness (QED) is 0.787. The molecule has 1 aliphatic rings. The maximum atomic E-state index is 12.5. The van der Waals surface area contributed by atoms with Gasteiger partial charge in [0.05, 0.1) is 6.54 Å². The maximum Gasteiger partial charge on any atom is 0.258 e. The van der Waals surface area contributed by atoms with Crippen LogP contribution in [0, 0.1) is 0 Å². The van der Waals surface area contributed by atoms with E-state index in [1.807, 2.05) is 66.7 Å². The normalized spacial score (nSPS) is 12.8. The van der Waals surface area contributed by atoms with Gasteiger partial charge >= 0.3 is 0 Å². The third-order valence-corrected chi connectivity index (χ3v) is 4.29. The van der Waals surface area contributed by atoms with Crippen molar-refractivity contribution in [3.63, 3.8) is 0 Å². The highest BCUT2D eigenvalue weighted by atomic mass is 16.2. The largest absolute Gasteiger partial charge is 0.322 e. The number of anilines is 2. The highest BCUT2D eigenvalue weighted by Crippen LogP contribution is 2.28. The summed E-state index contributed by atoms with van der Waals surface area (Å²) in [5.41, 5.74) is 3.91. The van der Waals surface area contributed by atoms with E-state index in [0.717, 1.165) is 16.8 Å². The summed E-state index contributed by atoms with van der Waals surface area (Å²) in [5.74, 6) is -0.144. The summed E-state index contributed by atoms with van der Waals surface area (Å²) in [5, 5.41) is 2.86. The van der Waals surface area contributed by atoms with Gasteiger partial charge in [0, 0.05) is 22.5 Å². The monoisotopic (exact) mass is 328 g/mol. The van der Waals surface area contributed by atoms with Crippen LogP contribution in [0.1, 0.15) is 26.3 Å². The third kappa shape index (κ3) is 2.90. The van der Waals surface area contributed by atoms with Gasteiger partial charge in [-0.2, -0.15) is 0 Å². The first-order valence-corrected chi connectivity index (χ1v) is 8.08. The summed E-state index contributed by atoms with van der Waals surface area (Å²) in [6.07, 6.45) is 0. The molecule has 2 amide bonds. The number of rotatable bonds is 3. The lowest BCUT2D eigenvalue weighted by Crippen LogP contribution is -2.22. The van der Waals surface area contributed by atoms with Crippen LogP contribution in [0.25, 0.3) is 0 Å². The van der Waals surface area contributed by atoms with Crippen molar-refractivity contribution in [1.29, 1.82) is 0 Å². The Kier molecular flexibility index (Phi) is 3.78. The molecule has 122 valence electrons. The first-order valence-electron chi connectivity index (χ1n) is 8.08. The highest BCUT2D eigenvalue weighted by Gasteiger charge is 2.27. The fourth-order valence-electron chi connectivity index (χ4n) is 2.98. The molecule has 0 spiro atoms. The van der Waals surface area contributed by atoms with Crippen LogP contribution in [-0.2, 0) is 6.54 Å². The molecule has 0 fully saturated rings. The van der Waals surface area contributed by atoms with Crippen molar-refractivity contribution in [1.82, 2.24) is 0 Å². The van der Waals surface area contributed by atoms with Gasteiger partial charge in [0.1, 0.15) is 0 Å². The number of carbonyl (C=O) groups excluding carboxylic acids is 2. The Morgan fingerprint density at radius 1 is 0.840 bits per heavy atom. The molecule has 0 atom stereocenters. The Hall–Kier alpha value is -3.40. The lowest BCUT2D eigenvalue weighted by atomic mass is 10.1. The average Bonchev–Trinajstić information content (AvgIpc) is 3.00. The van der Waals surface area contributed by atoms with Crippen molar-refractivity contribution in [2.45, 2.75) is 6.54 Å². The number of nitrogens with zero attached hydrogens (tertiary/aromatic N) is 1. The number of nitrogens with one attached hydrogen (secondary N) is 1. The summed E-state index contributed by atoms with van der Waals surface area (Å²) < 4.78 is 0. The molecule has 0 unspecified atom stereocenters. The minimum atomic E-state index is -0.155. The number of carbonyl (C=O) groups is 2. The van der Waals surface area contributed by atoms with Gasteiger partial charge in [0.2, 0.25) is 0 Å². The summed E-state index contributed by atoms with van der Waals surface area (Å²) in [6.45, 7) is 0.574. The predicted molar refractivity (Wildman–Crippen MR) is 97.8 cm³/mol. The number of benzene rings is 3. The van der Waals surface area contributed by atoms with Crippen LogP contribution in [0.5, 0.6) is 0 Å². The molecule has 25 heavy (non-hydrogen) atoms. The minimum absolute atomic E-state index is 0.0108. The van der Waals surface area contributed by atoms with Gasteiger partial charge in [0.25, 0.3) is 11.8 Å². The molecular formula is C21H16N2O2. The van der Waals surface area contributed by atoms with Gasteiger partial charge in [-0.1, -0.05) is 36.4 Å². The molecule has 0 aliphatic carbocycles. The number of hydrogen-bond donors (Lipinski definition) is 1. The number of amides is 2. The molecule has 0 radical (unpaired) electrons. The molecule has 0 bridgehead atoms. The molecule has 1 aliphatic heterocycles. The number of hydrogen-bond acceptors (Lipinski definition) is 2. The summed E-state index contributed by atoms with van der Waals surface area (Å²) >= 11 is 0. The van der Waals surface area contributed by atoms with Crippen molar-refractivity contribution in [3.8, 4) is 0 Å². The SMILES string of the molecule is O=C(Nc1ccc(N2Cc3ccccc3C2=O)cc1)c1ccccc1. The molecule has 0 saturated heterocycles. The van der Waals surface area contributed by atoms with E-state index >= 15 is 0 Å². The van der Waals surface area contributed by atoms with Crippen LogP contribution < -0.4 is 10.2 Å². The highest BCUT2D eigenvalue weighted by molar-refractivity contribution is 6.10. The Bertz CT molecular complexity index is 934. The molecule has 4 rings (SSSR count). The zero-order valence-electron chi connectivity index (χ0n) is 13.5. The Morgan fingerprint density at radius 3 is 2.24 bits per heavy atom. The molecule has 1 heterocycles.